The number of H-pyrrole nitrogens is 1. The highest BCUT2D eigenvalue weighted by Gasteiger charge is 2.28. The van der Waals surface area contributed by atoms with E-state index in [4.69, 9.17) is 9.97 Å². The van der Waals surface area contributed by atoms with Gasteiger partial charge in [0.05, 0.1) is 22.3 Å². The predicted octanol–water partition coefficient (Wildman–Crippen LogP) is 4.20. The van der Waals surface area contributed by atoms with Crippen LogP contribution in [0.1, 0.15) is 41.0 Å². The Kier molecular flexibility index (Phi) is 3.82. The van der Waals surface area contributed by atoms with Crippen LogP contribution in [0.4, 0.5) is 0 Å². The summed E-state index contributed by atoms with van der Waals surface area (Å²) in [6, 6.07) is 8.01. The van der Waals surface area contributed by atoms with E-state index in [-0.39, 0.29) is 11.8 Å². The van der Waals surface area contributed by atoms with Crippen molar-refractivity contribution in [3.63, 3.8) is 0 Å². The standard InChI is InChI=1S/C21H20N4OS/c1-11-6-7-13-9-22-20(26)15-8-17(24-18(13)15)14-4-3-5-16-19(14)25-21(27-10-11)12(2)23-16/h3-6,8,13,24H,7,9-10H2,1-2H3,(H,22,26)/b11-6+/t13-/m1/s1. The van der Waals surface area contributed by atoms with E-state index < -0.39 is 0 Å². The molecule has 6 heteroatoms. The summed E-state index contributed by atoms with van der Waals surface area (Å²) in [5.74, 6) is 1.15. The number of allylic oxidation sites excluding steroid dienone is 1. The normalized spacial score (nSPS) is 21.0. The molecule has 2 aliphatic rings. The average Bonchev–Trinajstić information content (AvgIpc) is 3.11. The number of hydrogen-bond donors (Lipinski definition) is 2. The number of nitrogens with zero attached hydrogens (tertiary/aromatic N) is 2. The number of carbonyl (C=O) groups is 1. The molecule has 0 unspecified atom stereocenters. The van der Waals surface area contributed by atoms with Gasteiger partial charge in [0.25, 0.3) is 5.91 Å². The van der Waals surface area contributed by atoms with Gasteiger partial charge in [-0.05, 0) is 32.4 Å². The summed E-state index contributed by atoms with van der Waals surface area (Å²) in [7, 11) is 0. The monoisotopic (exact) mass is 376 g/mol. The second-order valence-corrected chi connectivity index (χ2v) is 8.24. The van der Waals surface area contributed by atoms with Gasteiger partial charge >= 0.3 is 0 Å². The first-order valence-corrected chi connectivity index (χ1v) is 10.2. The third-order valence-electron chi connectivity index (χ3n) is 5.31. The van der Waals surface area contributed by atoms with Crippen molar-refractivity contribution in [2.24, 2.45) is 0 Å². The number of para-hydroxylation sites is 1. The third kappa shape index (κ3) is 2.75. The Morgan fingerprint density at radius 2 is 2.07 bits per heavy atom. The van der Waals surface area contributed by atoms with Crippen molar-refractivity contribution in [3.05, 3.63) is 52.9 Å². The van der Waals surface area contributed by atoms with Crippen LogP contribution in [0.5, 0.6) is 0 Å². The topological polar surface area (TPSA) is 70.7 Å². The molecule has 0 spiro atoms. The van der Waals surface area contributed by atoms with Crippen LogP contribution >= 0.6 is 11.8 Å². The highest BCUT2D eigenvalue weighted by molar-refractivity contribution is 7.99. The Labute approximate surface area is 161 Å². The van der Waals surface area contributed by atoms with Crippen molar-refractivity contribution in [3.8, 4) is 11.3 Å². The van der Waals surface area contributed by atoms with Gasteiger partial charge in [-0.1, -0.05) is 23.8 Å². The summed E-state index contributed by atoms with van der Waals surface area (Å²) in [6.45, 7) is 4.84. The van der Waals surface area contributed by atoms with E-state index in [1.165, 1.54) is 5.57 Å². The molecule has 4 heterocycles. The number of nitrogens with one attached hydrogen (secondary N) is 2. The summed E-state index contributed by atoms with van der Waals surface area (Å²) >= 11 is 1.74. The minimum Gasteiger partial charge on any atom is -0.357 e. The molecule has 0 fully saturated rings. The molecule has 1 aromatic carbocycles. The van der Waals surface area contributed by atoms with Crippen LogP contribution in [0.3, 0.4) is 0 Å². The largest absolute Gasteiger partial charge is 0.357 e. The first kappa shape index (κ1) is 16.6. The van der Waals surface area contributed by atoms with Crippen molar-refractivity contribution in [1.82, 2.24) is 20.3 Å². The van der Waals surface area contributed by atoms with Gasteiger partial charge in [-0.25, -0.2) is 9.97 Å². The minimum absolute atomic E-state index is 0.00467. The molecule has 0 aliphatic carbocycles. The number of hydrogen-bond acceptors (Lipinski definition) is 4. The SMILES string of the molecule is C/C1=C\C[C@@H]2CNC(=O)c3cc([nH]c32)-c2cccc3nc(C)c(nc23)SC1. The Bertz CT molecular complexity index is 1110. The Morgan fingerprint density at radius 1 is 1.19 bits per heavy atom. The average molecular weight is 376 g/mol. The summed E-state index contributed by atoms with van der Waals surface area (Å²) in [5.41, 5.74) is 7.73. The van der Waals surface area contributed by atoms with Gasteiger partial charge in [0, 0.05) is 35.2 Å². The second-order valence-electron chi connectivity index (χ2n) is 7.28. The maximum Gasteiger partial charge on any atom is 0.253 e. The van der Waals surface area contributed by atoms with Crippen LogP contribution in [0.2, 0.25) is 0 Å². The van der Waals surface area contributed by atoms with Crippen molar-refractivity contribution >= 4 is 28.7 Å². The zero-order valence-electron chi connectivity index (χ0n) is 15.3. The quantitative estimate of drug-likeness (QED) is 0.577. The van der Waals surface area contributed by atoms with E-state index in [0.29, 0.717) is 6.54 Å². The van der Waals surface area contributed by atoms with Crippen LogP contribution in [0, 0.1) is 6.92 Å². The molecule has 1 atom stereocenters. The minimum atomic E-state index is -0.00467. The highest BCUT2D eigenvalue weighted by Crippen LogP contribution is 2.35. The van der Waals surface area contributed by atoms with E-state index in [1.807, 2.05) is 31.2 Å². The molecular weight excluding hydrogens is 356 g/mol. The molecule has 27 heavy (non-hydrogen) atoms. The summed E-state index contributed by atoms with van der Waals surface area (Å²) in [6.07, 6.45) is 3.19. The van der Waals surface area contributed by atoms with Gasteiger partial charge in [0.1, 0.15) is 5.03 Å². The zero-order chi connectivity index (χ0) is 18.5. The van der Waals surface area contributed by atoms with Gasteiger partial charge < -0.3 is 10.3 Å². The van der Waals surface area contributed by atoms with E-state index in [2.05, 4.69) is 23.3 Å². The number of carbonyl (C=O) groups excluding carboxylic acids is 1. The number of benzene rings is 1. The molecule has 0 saturated heterocycles. The number of amides is 1. The Hall–Kier alpha value is -2.60. The molecular formula is C21H20N4OS. The summed E-state index contributed by atoms with van der Waals surface area (Å²) in [4.78, 5) is 25.7. The van der Waals surface area contributed by atoms with E-state index >= 15 is 0 Å². The molecule has 2 N–H and O–H groups in total. The van der Waals surface area contributed by atoms with Crippen molar-refractivity contribution in [2.75, 3.05) is 12.3 Å². The van der Waals surface area contributed by atoms with Crippen LogP contribution in [-0.4, -0.2) is 33.2 Å². The molecule has 4 bridgehead atoms. The number of aromatic amines is 1. The Balaban J connectivity index is 1.79. The van der Waals surface area contributed by atoms with Crippen LogP contribution in [-0.2, 0) is 0 Å². The molecule has 5 nitrogen and oxygen atoms in total. The molecule has 2 aromatic heterocycles. The van der Waals surface area contributed by atoms with Crippen LogP contribution in [0.15, 0.2) is 40.9 Å². The fourth-order valence-corrected chi connectivity index (χ4v) is 4.72. The number of aromatic nitrogens is 3. The molecule has 136 valence electrons. The molecule has 3 aromatic rings. The maximum absolute atomic E-state index is 12.4. The lowest BCUT2D eigenvalue weighted by atomic mass is 9.93. The van der Waals surface area contributed by atoms with Gasteiger partial charge in [-0.2, -0.15) is 0 Å². The lowest BCUT2D eigenvalue weighted by molar-refractivity contribution is 0.0940. The summed E-state index contributed by atoms with van der Waals surface area (Å²) in [5, 5.41) is 4.00. The molecule has 0 radical (unpaired) electrons. The zero-order valence-corrected chi connectivity index (χ0v) is 16.1. The van der Waals surface area contributed by atoms with E-state index in [1.54, 1.807) is 11.8 Å². The third-order valence-corrected chi connectivity index (χ3v) is 6.57. The van der Waals surface area contributed by atoms with Gasteiger partial charge in [-0.15, -0.1) is 11.8 Å². The van der Waals surface area contributed by atoms with Crippen molar-refractivity contribution in [1.29, 1.82) is 0 Å². The number of thioether (sulfide) groups is 1. The predicted molar refractivity (Wildman–Crippen MR) is 108 cm³/mol. The number of fused-ring (bicyclic) bond motifs is 3. The maximum atomic E-state index is 12.4. The molecule has 5 rings (SSSR count). The van der Waals surface area contributed by atoms with Crippen molar-refractivity contribution in [2.45, 2.75) is 31.2 Å². The van der Waals surface area contributed by atoms with E-state index in [0.717, 1.165) is 56.4 Å². The fourth-order valence-electron chi connectivity index (χ4n) is 3.83. The van der Waals surface area contributed by atoms with Gasteiger partial charge in [0.2, 0.25) is 0 Å². The smallest absolute Gasteiger partial charge is 0.253 e. The summed E-state index contributed by atoms with van der Waals surface area (Å²) < 4.78 is 0. The fraction of sp³-hybridized carbons (Fsp3) is 0.286. The van der Waals surface area contributed by atoms with Crippen LogP contribution in [0.25, 0.3) is 22.3 Å². The lowest BCUT2D eigenvalue weighted by Crippen LogP contribution is -2.34. The highest BCUT2D eigenvalue weighted by atomic mass is 32.2. The first-order chi connectivity index (χ1) is 13.1. The van der Waals surface area contributed by atoms with Gasteiger partial charge in [-0.3, -0.25) is 4.79 Å². The molecule has 0 saturated carbocycles. The lowest BCUT2D eigenvalue weighted by Gasteiger charge is -2.22. The molecule has 1 amide bonds. The number of aryl methyl sites for hydroxylation is 1. The van der Waals surface area contributed by atoms with E-state index in [9.17, 15) is 4.79 Å². The Morgan fingerprint density at radius 3 is 2.96 bits per heavy atom. The second kappa shape index (κ2) is 6.23. The first-order valence-electron chi connectivity index (χ1n) is 9.17. The van der Waals surface area contributed by atoms with Gasteiger partial charge in [0.15, 0.2) is 0 Å². The van der Waals surface area contributed by atoms with Crippen LogP contribution < -0.4 is 5.32 Å². The number of rotatable bonds is 0. The molecule has 2 aliphatic heterocycles. The van der Waals surface area contributed by atoms with Crippen molar-refractivity contribution < 1.29 is 4.79 Å².